The highest BCUT2D eigenvalue weighted by Gasteiger charge is 2.23. The van der Waals surface area contributed by atoms with E-state index in [1.165, 1.54) is 6.07 Å². The number of rotatable bonds is 4. The fraction of sp³-hybridized carbons (Fsp3) is 0.500. The number of piperazine rings is 1. The molecule has 3 rings (SSSR count). The molecule has 2 aromatic rings. The fourth-order valence-electron chi connectivity index (χ4n) is 3.07. The molecule has 2 heterocycles. The van der Waals surface area contributed by atoms with Gasteiger partial charge in [0.15, 0.2) is 0 Å². The third-order valence-electron chi connectivity index (χ3n) is 4.68. The molecule has 1 saturated heterocycles. The first-order valence-corrected chi connectivity index (χ1v) is 8.74. The number of anilines is 1. The number of carbonyl (C=O) groups excluding carboxylic acids is 1. The van der Waals surface area contributed by atoms with Crippen molar-refractivity contribution in [3.05, 3.63) is 34.0 Å². The van der Waals surface area contributed by atoms with E-state index in [9.17, 15) is 14.0 Å². The van der Waals surface area contributed by atoms with Crippen LogP contribution in [-0.2, 0) is 9.53 Å². The third-order valence-corrected chi connectivity index (χ3v) is 4.68. The second-order valence-corrected chi connectivity index (χ2v) is 6.54. The molecule has 1 aromatic carbocycles. The smallest absolute Gasteiger partial charge is 0.314 e. The van der Waals surface area contributed by atoms with Crippen LogP contribution in [0.4, 0.5) is 10.1 Å². The van der Waals surface area contributed by atoms with Crippen LogP contribution in [0, 0.1) is 5.82 Å². The van der Waals surface area contributed by atoms with Crippen molar-refractivity contribution in [2.45, 2.75) is 19.8 Å². The standard InChI is InChI=1S/C18H23FN4O3/c1-4-26-18(25)11(2)16-17(24)21-14-10-15(12(19)9-13(14)20-16)23-7-5-22(3)6-8-23/h9-11H,4-8H2,1-3H3,(H,21,24). The number of fused-ring (bicyclic) bond motifs is 1. The molecule has 0 bridgehead atoms. The zero-order valence-corrected chi connectivity index (χ0v) is 15.2. The topological polar surface area (TPSA) is 78.5 Å². The van der Waals surface area contributed by atoms with Crippen molar-refractivity contribution in [2.24, 2.45) is 0 Å². The molecule has 8 heteroatoms. The van der Waals surface area contributed by atoms with Crippen LogP contribution < -0.4 is 10.5 Å². The maximum atomic E-state index is 14.6. The van der Waals surface area contributed by atoms with E-state index in [0.717, 1.165) is 13.1 Å². The molecule has 26 heavy (non-hydrogen) atoms. The van der Waals surface area contributed by atoms with Gasteiger partial charge in [0.2, 0.25) is 0 Å². The van der Waals surface area contributed by atoms with E-state index in [2.05, 4.69) is 14.9 Å². The van der Waals surface area contributed by atoms with E-state index in [1.807, 2.05) is 11.9 Å². The van der Waals surface area contributed by atoms with Gasteiger partial charge < -0.3 is 19.5 Å². The first-order valence-electron chi connectivity index (χ1n) is 8.74. The summed E-state index contributed by atoms with van der Waals surface area (Å²) in [5, 5.41) is 0. The van der Waals surface area contributed by atoms with Crippen molar-refractivity contribution >= 4 is 22.7 Å². The summed E-state index contributed by atoms with van der Waals surface area (Å²) >= 11 is 0. The average Bonchev–Trinajstić information content (AvgIpc) is 2.61. The van der Waals surface area contributed by atoms with Gasteiger partial charge in [0, 0.05) is 32.2 Å². The molecule has 1 fully saturated rings. The van der Waals surface area contributed by atoms with Crippen LogP contribution in [-0.4, -0.2) is 60.7 Å². The van der Waals surface area contributed by atoms with Gasteiger partial charge in [-0.3, -0.25) is 9.59 Å². The Morgan fingerprint density at radius 2 is 2.04 bits per heavy atom. The number of esters is 1. The van der Waals surface area contributed by atoms with Crippen LogP contribution >= 0.6 is 0 Å². The van der Waals surface area contributed by atoms with E-state index >= 15 is 0 Å². The van der Waals surface area contributed by atoms with Crippen LogP contribution in [0.2, 0.25) is 0 Å². The molecule has 0 saturated carbocycles. The molecule has 1 unspecified atom stereocenters. The van der Waals surface area contributed by atoms with Gasteiger partial charge in [-0.2, -0.15) is 0 Å². The lowest BCUT2D eigenvalue weighted by Crippen LogP contribution is -2.44. The van der Waals surface area contributed by atoms with E-state index < -0.39 is 23.3 Å². The first kappa shape index (κ1) is 18.3. The number of nitrogens with zero attached hydrogens (tertiary/aromatic N) is 3. The minimum Gasteiger partial charge on any atom is -0.465 e. The number of H-pyrrole nitrogens is 1. The molecule has 0 spiro atoms. The van der Waals surface area contributed by atoms with Crippen LogP contribution in [0.5, 0.6) is 0 Å². The summed E-state index contributed by atoms with van der Waals surface area (Å²) < 4.78 is 19.6. The summed E-state index contributed by atoms with van der Waals surface area (Å²) in [6.07, 6.45) is 0. The highest BCUT2D eigenvalue weighted by Crippen LogP contribution is 2.25. The number of nitrogens with one attached hydrogen (secondary N) is 1. The van der Waals surface area contributed by atoms with Gasteiger partial charge in [-0.1, -0.05) is 0 Å². The van der Waals surface area contributed by atoms with Crippen LogP contribution in [0.1, 0.15) is 25.5 Å². The number of halogens is 1. The number of aromatic nitrogens is 2. The van der Waals surface area contributed by atoms with Gasteiger partial charge in [0.25, 0.3) is 5.56 Å². The SMILES string of the molecule is CCOC(=O)C(C)c1nc2cc(F)c(N3CCN(C)CC3)cc2[nH]c1=O. The van der Waals surface area contributed by atoms with Gasteiger partial charge in [0.1, 0.15) is 17.4 Å². The van der Waals surface area contributed by atoms with Crippen molar-refractivity contribution in [1.82, 2.24) is 14.9 Å². The van der Waals surface area contributed by atoms with Crippen molar-refractivity contribution in [3.8, 4) is 0 Å². The van der Waals surface area contributed by atoms with Gasteiger partial charge in [-0.15, -0.1) is 0 Å². The van der Waals surface area contributed by atoms with E-state index in [-0.39, 0.29) is 12.3 Å². The van der Waals surface area contributed by atoms with Gasteiger partial charge >= 0.3 is 5.97 Å². The Labute approximate surface area is 150 Å². The molecule has 0 aliphatic carbocycles. The monoisotopic (exact) mass is 362 g/mol. The maximum absolute atomic E-state index is 14.6. The Morgan fingerprint density at radius 3 is 2.69 bits per heavy atom. The number of likely N-dealkylation sites (N-methyl/N-ethyl adjacent to an activating group) is 1. The summed E-state index contributed by atoms with van der Waals surface area (Å²) in [5.41, 5.74) is 0.780. The van der Waals surface area contributed by atoms with E-state index in [1.54, 1.807) is 19.9 Å². The number of benzene rings is 1. The normalized spacial score (nSPS) is 16.7. The van der Waals surface area contributed by atoms with Crippen LogP contribution in [0.3, 0.4) is 0 Å². The van der Waals surface area contributed by atoms with Gasteiger partial charge in [-0.25, -0.2) is 9.37 Å². The summed E-state index contributed by atoms with van der Waals surface area (Å²) in [6, 6.07) is 2.92. The Bertz CT molecular complexity index is 875. The summed E-state index contributed by atoms with van der Waals surface area (Å²) in [7, 11) is 2.03. The zero-order valence-electron chi connectivity index (χ0n) is 15.2. The molecule has 7 nitrogen and oxygen atoms in total. The second kappa shape index (κ2) is 7.41. The first-order chi connectivity index (χ1) is 12.4. The Hall–Kier alpha value is -2.48. The highest BCUT2D eigenvalue weighted by atomic mass is 19.1. The maximum Gasteiger partial charge on any atom is 0.314 e. The lowest BCUT2D eigenvalue weighted by molar-refractivity contribution is -0.144. The molecule has 0 amide bonds. The molecule has 1 aliphatic heterocycles. The number of hydrogen-bond donors (Lipinski definition) is 1. The summed E-state index contributed by atoms with van der Waals surface area (Å²) in [6.45, 7) is 6.60. The molecule has 140 valence electrons. The van der Waals surface area contributed by atoms with Crippen LogP contribution in [0.25, 0.3) is 11.0 Å². The van der Waals surface area contributed by atoms with Crippen molar-refractivity contribution in [1.29, 1.82) is 0 Å². The molecule has 0 radical (unpaired) electrons. The minimum atomic E-state index is -0.816. The Balaban J connectivity index is 1.98. The molecule has 1 N–H and O–H groups in total. The lowest BCUT2D eigenvalue weighted by Gasteiger charge is -2.34. The Kier molecular flexibility index (Phi) is 5.22. The van der Waals surface area contributed by atoms with E-state index in [4.69, 9.17) is 4.74 Å². The lowest BCUT2D eigenvalue weighted by atomic mass is 10.1. The number of hydrogen-bond acceptors (Lipinski definition) is 6. The average molecular weight is 362 g/mol. The van der Waals surface area contributed by atoms with Crippen molar-refractivity contribution in [3.63, 3.8) is 0 Å². The minimum absolute atomic E-state index is 0.0303. The second-order valence-electron chi connectivity index (χ2n) is 6.54. The molecule has 1 atom stereocenters. The predicted molar refractivity (Wildman–Crippen MR) is 97.1 cm³/mol. The molecular formula is C18H23FN4O3. The zero-order chi connectivity index (χ0) is 18.8. The quantitative estimate of drug-likeness (QED) is 0.830. The molecule has 1 aromatic heterocycles. The summed E-state index contributed by atoms with van der Waals surface area (Å²) in [5.74, 6) is -1.74. The predicted octanol–water partition coefficient (Wildman–Crippen LogP) is 1.48. The van der Waals surface area contributed by atoms with Crippen molar-refractivity contribution in [2.75, 3.05) is 44.7 Å². The number of aromatic amines is 1. The molecular weight excluding hydrogens is 339 g/mol. The largest absolute Gasteiger partial charge is 0.465 e. The number of carbonyl (C=O) groups is 1. The Morgan fingerprint density at radius 1 is 1.35 bits per heavy atom. The molecule has 1 aliphatic rings. The van der Waals surface area contributed by atoms with Crippen molar-refractivity contribution < 1.29 is 13.9 Å². The number of ether oxygens (including phenoxy) is 1. The van der Waals surface area contributed by atoms with Crippen LogP contribution in [0.15, 0.2) is 16.9 Å². The third kappa shape index (κ3) is 3.55. The van der Waals surface area contributed by atoms with Gasteiger partial charge in [-0.05, 0) is 27.0 Å². The van der Waals surface area contributed by atoms with Gasteiger partial charge in [0.05, 0.1) is 23.3 Å². The fourth-order valence-corrected chi connectivity index (χ4v) is 3.07. The highest BCUT2D eigenvalue weighted by molar-refractivity contribution is 5.81. The summed E-state index contributed by atoms with van der Waals surface area (Å²) in [4.78, 5) is 35.3. The van der Waals surface area contributed by atoms with E-state index in [0.29, 0.717) is 29.8 Å².